The first-order valence-corrected chi connectivity index (χ1v) is 8.37. The van der Waals surface area contributed by atoms with Gasteiger partial charge in [0.1, 0.15) is 16.9 Å². The minimum absolute atomic E-state index is 0.786. The third kappa shape index (κ3) is 2.95. The van der Waals surface area contributed by atoms with Gasteiger partial charge in [-0.05, 0) is 33.0 Å². The van der Waals surface area contributed by atoms with Crippen molar-refractivity contribution in [2.45, 2.75) is 20.8 Å². The van der Waals surface area contributed by atoms with Crippen LogP contribution in [-0.2, 0) is 7.05 Å². The minimum Gasteiger partial charge on any atom is -0.363 e. The highest BCUT2D eigenvalue weighted by atomic mass is 32.1. The van der Waals surface area contributed by atoms with Crippen LogP contribution in [0.3, 0.4) is 0 Å². The van der Waals surface area contributed by atoms with Crippen molar-refractivity contribution in [3.63, 3.8) is 0 Å². The van der Waals surface area contributed by atoms with Crippen molar-refractivity contribution in [2.24, 2.45) is 7.05 Å². The maximum Gasteiger partial charge on any atom is 0.169 e. The zero-order chi connectivity index (χ0) is 16.6. The predicted molar refractivity (Wildman–Crippen MR) is 95.8 cm³/mol. The van der Waals surface area contributed by atoms with Crippen molar-refractivity contribution >= 4 is 34.2 Å². The van der Waals surface area contributed by atoms with Gasteiger partial charge in [-0.25, -0.2) is 9.97 Å². The number of aryl methyl sites for hydroxylation is 3. The molecule has 8 heteroatoms. The molecule has 0 amide bonds. The standard InChI is InChI=1S/C15H23N7S/c1-5-16-15(23)22-8-6-21(7-9-22)14-13-12(17-11(3)18-14)10(2)19-20(13)4/h5-9H2,1-4H3,(H,16,23). The number of thiocarbonyl (C=S) groups is 1. The zero-order valence-corrected chi connectivity index (χ0v) is 14.9. The van der Waals surface area contributed by atoms with E-state index < -0.39 is 0 Å². The average molecular weight is 333 g/mol. The van der Waals surface area contributed by atoms with E-state index in [9.17, 15) is 0 Å². The Hall–Kier alpha value is -1.96. The summed E-state index contributed by atoms with van der Waals surface area (Å²) in [6.45, 7) is 10.4. The van der Waals surface area contributed by atoms with Gasteiger partial charge in [0.15, 0.2) is 10.9 Å². The summed E-state index contributed by atoms with van der Waals surface area (Å²) < 4.78 is 1.88. The van der Waals surface area contributed by atoms with E-state index in [1.54, 1.807) is 0 Å². The van der Waals surface area contributed by atoms with Gasteiger partial charge in [-0.15, -0.1) is 0 Å². The van der Waals surface area contributed by atoms with Crippen LogP contribution in [0.5, 0.6) is 0 Å². The molecule has 0 spiro atoms. The molecule has 7 nitrogen and oxygen atoms in total. The second-order valence-corrected chi connectivity index (χ2v) is 6.20. The van der Waals surface area contributed by atoms with E-state index in [-0.39, 0.29) is 0 Å². The first-order chi connectivity index (χ1) is 11.0. The summed E-state index contributed by atoms with van der Waals surface area (Å²) >= 11 is 5.41. The highest BCUT2D eigenvalue weighted by molar-refractivity contribution is 7.80. The van der Waals surface area contributed by atoms with Crippen LogP contribution in [0.2, 0.25) is 0 Å². The number of hydrogen-bond acceptors (Lipinski definition) is 5. The van der Waals surface area contributed by atoms with E-state index in [1.165, 1.54) is 0 Å². The molecule has 0 radical (unpaired) electrons. The summed E-state index contributed by atoms with van der Waals surface area (Å²) in [6, 6.07) is 0. The SMILES string of the molecule is CCNC(=S)N1CCN(c2nc(C)nc3c(C)nn(C)c23)CC1. The van der Waals surface area contributed by atoms with E-state index >= 15 is 0 Å². The molecule has 1 N–H and O–H groups in total. The molecule has 2 aromatic heterocycles. The molecule has 3 rings (SSSR count). The molecular formula is C15H23N7S. The lowest BCUT2D eigenvalue weighted by Gasteiger charge is -2.37. The fraction of sp³-hybridized carbons (Fsp3) is 0.600. The molecule has 0 saturated carbocycles. The number of rotatable bonds is 2. The molecule has 1 saturated heterocycles. The van der Waals surface area contributed by atoms with Crippen molar-refractivity contribution in [1.29, 1.82) is 0 Å². The highest BCUT2D eigenvalue weighted by Crippen LogP contribution is 2.26. The number of piperazine rings is 1. The second kappa shape index (κ2) is 6.27. The summed E-state index contributed by atoms with van der Waals surface area (Å²) in [5.41, 5.74) is 2.90. The monoisotopic (exact) mass is 333 g/mol. The van der Waals surface area contributed by atoms with Gasteiger partial charge in [0, 0.05) is 39.8 Å². The van der Waals surface area contributed by atoms with Gasteiger partial charge in [-0.3, -0.25) is 4.68 Å². The number of nitrogens with zero attached hydrogens (tertiary/aromatic N) is 6. The summed E-state index contributed by atoms with van der Waals surface area (Å²) in [5.74, 6) is 1.76. The van der Waals surface area contributed by atoms with Gasteiger partial charge in [0.05, 0.1) is 5.69 Å². The van der Waals surface area contributed by atoms with Crippen LogP contribution >= 0.6 is 12.2 Å². The molecular weight excluding hydrogens is 310 g/mol. The maximum atomic E-state index is 5.41. The zero-order valence-electron chi connectivity index (χ0n) is 14.1. The number of anilines is 1. The van der Waals surface area contributed by atoms with Gasteiger partial charge in [0.2, 0.25) is 0 Å². The van der Waals surface area contributed by atoms with Gasteiger partial charge >= 0.3 is 0 Å². The Bertz CT molecular complexity index is 731. The topological polar surface area (TPSA) is 62.1 Å². The summed E-state index contributed by atoms with van der Waals surface area (Å²) in [4.78, 5) is 13.8. The van der Waals surface area contributed by atoms with Gasteiger partial charge < -0.3 is 15.1 Å². The maximum absolute atomic E-state index is 5.41. The molecule has 3 heterocycles. The number of fused-ring (bicyclic) bond motifs is 1. The largest absolute Gasteiger partial charge is 0.363 e. The van der Waals surface area contributed by atoms with Crippen LogP contribution < -0.4 is 10.2 Å². The summed E-state index contributed by atoms with van der Waals surface area (Å²) in [5, 5.41) is 8.56. The molecule has 1 fully saturated rings. The van der Waals surface area contributed by atoms with Crippen molar-refractivity contribution in [2.75, 3.05) is 37.6 Å². The molecule has 23 heavy (non-hydrogen) atoms. The Balaban J connectivity index is 1.86. The van der Waals surface area contributed by atoms with Gasteiger partial charge in [-0.2, -0.15) is 5.10 Å². The van der Waals surface area contributed by atoms with E-state index in [0.29, 0.717) is 0 Å². The fourth-order valence-electron chi connectivity index (χ4n) is 3.03. The average Bonchev–Trinajstić information content (AvgIpc) is 2.81. The van der Waals surface area contributed by atoms with Crippen molar-refractivity contribution < 1.29 is 0 Å². The van der Waals surface area contributed by atoms with Crippen LogP contribution in [0, 0.1) is 13.8 Å². The molecule has 0 aliphatic carbocycles. The molecule has 0 unspecified atom stereocenters. The fourth-order valence-corrected chi connectivity index (χ4v) is 3.36. The Morgan fingerprint density at radius 3 is 2.52 bits per heavy atom. The smallest absolute Gasteiger partial charge is 0.169 e. The lowest BCUT2D eigenvalue weighted by molar-refractivity contribution is 0.380. The lowest BCUT2D eigenvalue weighted by Crippen LogP contribution is -2.52. The second-order valence-electron chi connectivity index (χ2n) is 5.81. The number of nitrogens with one attached hydrogen (secondary N) is 1. The first kappa shape index (κ1) is 15.9. The van der Waals surface area contributed by atoms with E-state index in [2.05, 4.69) is 32.1 Å². The van der Waals surface area contributed by atoms with Crippen LogP contribution in [0.25, 0.3) is 11.0 Å². The van der Waals surface area contributed by atoms with Crippen molar-refractivity contribution in [3.05, 3.63) is 11.5 Å². The Morgan fingerprint density at radius 2 is 1.87 bits per heavy atom. The normalized spacial score (nSPS) is 15.3. The molecule has 0 atom stereocenters. The Morgan fingerprint density at radius 1 is 1.17 bits per heavy atom. The van der Waals surface area contributed by atoms with Crippen LogP contribution in [0.1, 0.15) is 18.4 Å². The Kier molecular flexibility index (Phi) is 4.34. The number of aromatic nitrogens is 4. The molecule has 1 aliphatic rings. The lowest BCUT2D eigenvalue weighted by atomic mass is 10.3. The molecule has 2 aromatic rings. The third-order valence-electron chi connectivity index (χ3n) is 4.14. The quantitative estimate of drug-likeness (QED) is 0.823. The van der Waals surface area contributed by atoms with Crippen molar-refractivity contribution in [1.82, 2.24) is 30.0 Å². The highest BCUT2D eigenvalue weighted by Gasteiger charge is 2.23. The molecule has 124 valence electrons. The summed E-state index contributed by atoms with van der Waals surface area (Å²) in [6.07, 6.45) is 0. The van der Waals surface area contributed by atoms with E-state index in [1.807, 2.05) is 25.6 Å². The molecule has 0 aromatic carbocycles. The molecule has 0 bridgehead atoms. The molecule has 1 aliphatic heterocycles. The van der Waals surface area contributed by atoms with Crippen LogP contribution in [-0.4, -0.2) is 62.5 Å². The predicted octanol–water partition coefficient (Wildman–Crippen LogP) is 0.997. The number of hydrogen-bond donors (Lipinski definition) is 1. The van der Waals surface area contributed by atoms with Crippen molar-refractivity contribution in [3.8, 4) is 0 Å². The first-order valence-electron chi connectivity index (χ1n) is 7.97. The van der Waals surface area contributed by atoms with Crippen LogP contribution in [0.15, 0.2) is 0 Å². The Labute approximate surface area is 141 Å². The van der Waals surface area contributed by atoms with E-state index in [4.69, 9.17) is 17.2 Å². The van der Waals surface area contributed by atoms with Gasteiger partial charge in [-0.1, -0.05) is 0 Å². The minimum atomic E-state index is 0.786. The third-order valence-corrected chi connectivity index (χ3v) is 4.54. The van der Waals surface area contributed by atoms with Gasteiger partial charge in [0.25, 0.3) is 0 Å². The van der Waals surface area contributed by atoms with Crippen LogP contribution in [0.4, 0.5) is 5.82 Å². The van der Waals surface area contributed by atoms with E-state index in [0.717, 1.165) is 66.2 Å². The summed E-state index contributed by atoms with van der Waals surface area (Å²) in [7, 11) is 1.95.